The van der Waals surface area contributed by atoms with Crippen molar-refractivity contribution < 1.29 is 19.4 Å². The fraction of sp³-hybridized carbons (Fsp3) is 0.467. The van der Waals surface area contributed by atoms with E-state index in [0.717, 1.165) is 49.7 Å². The maximum Gasteiger partial charge on any atom is 0.295 e. The standard InChI is InChI=1S/C30H37NO4/c1-6-19-12-14-20(15-13-19)26-25(28(33)29(34)31(26)22-10-8-7-9-11-22)27(32)23-18-21(30(2,3)4)16-17-24(23)35-5/h12-18,22,26,32H,6-11H2,1-5H3/b27-25+. The molecule has 5 nitrogen and oxygen atoms in total. The van der Waals surface area contributed by atoms with Crippen molar-refractivity contribution in [2.24, 2.45) is 0 Å². The van der Waals surface area contributed by atoms with E-state index in [0.29, 0.717) is 11.3 Å². The van der Waals surface area contributed by atoms with Crippen LogP contribution in [0, 0.1) is 0 Å². The molecule has 2 aliphatic rings. The average molecular weight is 476 g/mol. The van der Waals surface area contributed by atoms with Crippen LogP contribution in [-0.2, 0) is 21.4 Å². The van der Waals surface area contributed by atoms with Crippen LogP contribution in [0.15, 0.2) is 48.0 Å². The second kappa shape index (κ2) is 9.88. The highest BCUT2D eigenvalue weighted by atomic mass is 16.5. The van der Waals surface area contributed by atoms with Gasteiger partial charge < -0.3 is 14.7 Å². The van der Waals surface area contributed by atoms with E-state index in [-0.39, 0.29) is 22.8 Å². The largest absolute Gasteiger partial charge is 0.507 e. The van der Waals surface area contributed by atoms with Crippen molar-refractivity contribution in [2.75, 3.05) is 7.11 Å². The van der Waals surface area contributed by atoms with Gasteiger partial charge in [0.25, 0.3) is 11.7 Å². The molecule has 5 heteroatoms. The number of Topliss-reactive ketones (excluding diaryl/α,β-unsaturated/α-hetero) is 1. The Bertz CT molecular complexity index is 1130. The molecule has 2 aromatic rings. The van der Waals surface area contributed by atoms with Crippen LogP contribution >= 0.6 is 0 Å². The fourth-order valence-electron chi connectivity index (χ4n) is 5.35. The molecule has 0 radical (unpaired) electrons. The van der Waals surface area contributed by atoms with Crippen LogP contribution in [-0.4, -0.2) is 34.8 Å². The van der Waals surface area contributed by atoms with Crippen LogP contribution in [0.4, 0.5) is 0 Å². The summed E-state index contributed by atoms with van der Waals surface area (Å²) in [6.45, 7) is 8.37. The maximum atomic E-state index is 13.5. The van der Waals surface area contributed by atoms with E-state index in [1.165, 1.54) is 5.56 Å². The van der Waals surface area contributed by atoms with E-state index in [1.54, 1.807) is 12.0 Å². The smallest absolute Gasteiger partial charge is 0.295 e. The Labute approximate surface area is 208 Å². The number of aliphatic hydroxyl groups excluding tert-OH is 1. The number of ether oxygens (including phenoxy) is 1. The van der Waals surface area contributed by atoms with Gasteiger partial charge in [-0.2, -0.15) is 0 Å². The predicted octanol–water partition coefficient (Wildman–Crippen LogP) is 6.31. The zero-order valence-corrected chi connectivity index (χ0v) is 21.6. The van der Waals surface area contributed by atoms with Crippen molar-refractivity contribution in [3.8, 4) is 5.75 Å². The van der Waals surface area contributed by atoms with E-state index in [9.17, 15) is 14.7 Å². The quantitative estimate of drug-likeness (QED) is 0.313. The van der Waals surface area contributed by atoms with Crippen molar-refractivity contribution in [3.05, 3.63) is 70.3 Å². The summed E-state index contributed by atoms with van der Waals surface area (Å²) < 4.78 is 5.57. The summed E-state index contributed by atoms with van der Waals surface area (Å²) in [7, 11) is 1.55. The molecule has 1 saturated heterocycles. The third-order valence-electron chi connectivity index (χ3n) is 7.47. The Morgan fingerprint density at radius 2 is 1.69 bits per heavy atom. The number of ketones is 1. The molecular weight excluding hydrogens is 438 g/mol. The number of nitrogens with zero attached hydrogens (tertiary/aromatic N) is 1. The lowest BCUT2D eigenvalue weighted by atomic mass is 9.85. The zero-order chi connectivity index (χ0) is 25.3. The van der Waals surface area contributed by atoms with Crippen molar-refractivity contribution in [3.63, 3.8) is 0 Å². The predicted molar refractivity (Wildman–Crippen MR) is 139 cm³/mol. The van der Waals surface area contributed by atoms with Gasteiger partial charge in [0.1, 0.15) is 11.5 Å². The van der Waals surface area contributed by atoms with Gasteiger partial charge in [-0.1, -0.05) is 77.3 Å². The molecule has 1 saturated carbocycles. The Balaban J connectivity index is 1.92. The molecule has 1 heterocycles. The van der Waals surface area contributed by atoms with Crippen molar-refractivity contribution in [1.82, 2.24) is 4.90 Å². The van der Waals surface area contributed by atoms with Gasteiger partial charge in [0.05, 0.1) is 24.3 Å². The Morgan fingerprint density at radius 1 is 1.03 bits per heavy atom. The van der Waals surface area contributed by atoms with E-state index >= 15 is 0 Å². The normalized spacial score (nSPS) is 20.9. The molecule has 2 aromatic carbocycles. The molecule has 1 atom stereocenters. The van der Waals surface area contributed by atoms with Crippen molar-refractivity contribution in [2.45, 2.75) is 83.7 Å². The minimum Gasteiger partial charge on any atom is -0.507 e. The minimum atomic E-state index is -0.624. The highest BCUT2D eigenvalue weighted by molar-refractivity contribution is 6.46. The number of benzene rings is 2. The molecule has 35 heavy (non-hydrogen) atoms. The zero-order valence-electron chi connectivity index (χ0n) is 21.6. The number of methoxy groups -OCH3 is 1. The highest BCUT2D eigenvalue weighted by Crippen LogP contribution is 2.44. The number of carbonyl (C=O) groups is 2. The number of amides is 1. The molecule has 1 aliphatic heterocycles. The van der Waals surface area contributed by atoms with E-state index in [2.05, 4.69) is 27.7 Å². The second-order valence-electron chi connectivity index (χ2n) is 10.8. The summed E-state index contributed by atoms with van der Waals surface area (Å²) in [5, 5.41) is 11.7. The van der Waals surface area contributed by atoms with Crippen molar-refractivity contribution in [1.29, 1.82) is 0 Å². The maximum absolute atomic E-state index is 13.5. The topological polar surface area (TPSA) is 66.8 Å². The Hall–Kier alpha value is -3.08. The van der Waals surface area contributed by atoms with Crippen molar-refractivity contribution >= 4 is 17.4 Å². The van der Waals surface area contributed by atoms with Gasteiger partial charge in [0.2, 0.25) is 0 Å². The molecule has 0 aromatic heterocycles. The van der Waals surface area contributed by atoms with Gasteiger partial charge in [-0.15, -0.1) is 0 Å². The lowest BCUT2D eigenvalue weighted by Crippen LogP contribution is -2.40. The molecular formula is C30H37NO4. The first-order chi connectivity index (χ1) is 16.7. The van der Waals surface area contributed by atoms with Gasteiger partial charge in [0, 0.05) is 6.04 Å². The number of rotatable bonds is 5. The van der Waals surface area contributed by atoms with Crippen LogP contribution < -0.4 is 4.74 Å². The molecule has 1 N–H and O–H groups in total. The summed E-state index contributed by atoms with van der Waals surface area (Å²) in [5.41, 5.74) is 3.46. The van der Waals surface area contributed by atoms with Gasteiger partial charge in [0.15, 0.2) is 0 Å². The van der Waals surface area contributed by atoms with Gasteiger partial charge >= 0.3 is 0 Å². The van der Waals surface area contributed by atoms with E-state index in [1.807, 2.05) is 42.5 Å². The summed E-state index contributed by atoms with van der Waals surface area (Å²) in [6, 6.07) is 13.1. The molecule has 4 rings (SSSR count). The first kappa shape index (κ1) is 25.0. The fourth-order valence-corrected chi connectivity index (χ4v) is 5.35. The van der Waals surface area contributed by atoms with Gasteiger partial charge in [-0.05, 0) is 53.5 Å². The monoisotopic (exact) mass is 475 g/mol. The van der Waals surface area contributed by atoms with Crippen LogP contribution in [0.5, 0.6) is 5.75 Å². The number of likely N-dealkylation sites (tertiary alicyclic amines) is 1. The van der Waals surface area contributed by atoms with Crippen LogP contribution in [0.1, 0.15) is 88.1 Å². The Kier molecular flexibility index (Phi) is 7.07. The SMILES string of the molecule is CCc1ccc(C2/C(=C(\O)c3cc(C(C)(C)C)ccc3OC)C(=O)C(=O)N2C2CCCCC2)cc1. The number of carbonyl (C=O) groups excluding carboxylic acids is 2. The molecule has 186 valence electrons. The number of aliphatic hydroxyl groups is 1. The second-order valence-corrected chi connectivity index (χ2v) is 10.8. The molecule has 1 unspecified atom stereocenters. The first-order valence-corrected chi connectivity index (χ1v) is 12.7. The Morgan fingerprint density at radius 3 is 2.26 bits per heavy atom. The third kappa shape index (κ3) is 4.73. The average Bonchev–Trinajstić information content (AvgIpc) is 3.13. The van der Waals surface area contributed by atoms with Gasteiger partial charge in [-0.25, -0.2) is 0 Å². The van der Waals surface area contributed by atoms with Gasteiger partial charge in [-0.3, -0.25) is 9.59 Å². The van der Waals surface area contributed by atoms with Crippen LogP contribution in [0.3, 0.4) is 0 Å². The molecule has 1 amide bonds. The lowest BCUT2D eigenvalue weighted by Gasteiger charge is -2.35. The number of hydrogen-bond donors (Lipinski definition) is 1. The molecule has 1 aliphatic carbocycles. The number of hydrogen-bond acceptors (Lipinski definition) is 4. The van der Waals surface area contributed by atoms with Crippen LogP contribution in [0.25, 0.3) is 5.76 Å². The minimum absolute atomic E-state index is 0.0100. The molecule has 0 spiro atoms. The first-order valence-electron chi connectivity index (χ1n) is 12.7. The number of aryl methyl sites for hydroxylation is 1. The molecule has 0 bridgehead atoms. The third-order valence-corrected chi connectivity index (χ3v) is 7.47. The highest BCUT2D eigenvalue weighted by Gasteiger charge is 2.49. The van der Waals surface area contributed by atoms with E-state index < -0.39 is 17.7 Å². The van der Waals surface area contributed by atoms with Crippen LogP contribution in [0.2, 0.25) is 0 Å². The summed E-state index contributed by atoms with van der Waals surface area (Å²) in [6.07, 6.45) is 5.87. The lowest BCUT2D eigenvalue weighted by molar-refractivity contribution is -0.141. The molecule has 2 fully saturated rings. The summed E-state index contributed by atoms with van der Waals surface area (Å²) in [4.78, 5) is 28.7. The summed E-state index contributed by atoms with van der Waals surface area (Å²) >= 11 is 0. The summed E-state index contributed by atoms with van der Waals surface area (Å²) in [5.74, 6) is -0.844. The van der Waals surface area contributed by atoms with E-state index in [4.69, 9.17) is 4.74 Å².